The number of aliphatic hydroxyl groups excluding tert-OH is 1. The zero-order valence-corrected chi connectivity index (χ0v) is 11.4. The Morgan fingerprint density at radius 2 is 2.00 bits per heavy atom. The Balaban J connectivity index is 2.30. The lowest BCUT2D eigenvalue weighted by Gasteiger charge is -2.16. The van der Waals surface area contributed by atoms with Crippen LogP contribution in [0, 0.1) is 5.92 Å². The van der Waals surface area contributed by atoms with Gasteiger partial charge in [-0.05, 0) is 36.4 Å². The van der Waals surface area contributed by atoms with E-state index in [-0.39, 0.29) is 6.61 Å². The molecule has 0 amide bonds. The summed E-state index contributed by atoms with van der Waals surface area (Å²) in [4.78, 5) is 0. The monoisotopic (exact) mass is 247 g/mol. The second kappa shape index (κ2) is 8.90. The molecule has 2 nitrogen and oxygen atoms in total. The summed E-state index contributed by atoms with van der Waals surface area (Å²) >= 11 is 0. The minimum absolute atomic E-state index is 0.284. The van der Waals surface area contributed by atoms with E-state index in [4.69, 9.17) is 5.11 Å². The molecule has 1 aromatic carbocycles. The highest BCUT2D eigenvalue weighted by atomic mass is 16.3. The molecule has 2 heteroatoms. The van der Waals surface area contributed by atoms with Crippen LogP contribution in [-0.4, -0.2) is 24.8 Å². The summed E-state index contributed by atoms with van der Waals surface area (Å²) in [5.41, 5.74) is 2.31. The molecule has 1 aromatic rings. The van der Waals surface area contributed by atoms with Crippen molar-refractivity contribution in [1.29, 1.82) is 0 Å². The topological polar surface area (TPSA) is 32.3 Å². The molecule has 1 unspecified atom stereocenters. The Bertz CT molecular complexity index is 328. The number of rotatable bonds is 9. The molecule has 100 valence electrons. The molecule has 0 spiro atoms. The Labute approximate surface area is 111 Å². The van der Waals surface area contributed by atoms with E-state index < -0.39 is 0 Å². The smallest absolute Gasteiger partial charge is 0.0434 e. The van der Waals surface area contributed by atoms with Gasteiger partial charge in [-0.15, -0.1) is 0 Å². The van der Waals surface area contributed by atoms with Crippen LogP contribution in [0.15, 0.2) is 36.9 Å². The second-order valence-electron chi connectivity index (χ2n) is 4.77. The van der Waals surface area contributed by atoms with Crippen LogP contribution in [0.5, 0.6) is 0 Å². The third-order valence-corrected chi connectivity index (χ3v) is 3.19. The fraction of sp³-hybridized carbons (Fsp3) is 0.500. The second-order valence-corrected chi connectivity index (χ2v) is 4.77. The lowest BCUT2D eigenvalue weighted by molar-refractivity contribution is 0.249. The summed E-state index contributed by atoms with van der Waals surface area (Å²) in [6.07, 6.45) is 3.23. The summed E-state index contributed by atoms with van der Waals surface area (Å²) in [6.45, 7) is 8.35. The van der Waals surface area contributed by atoms with Gasteiger partial charge in [0.05, 0.1) is 0 Å². The molecular formula is C16H25NO. The largest absolute Gasteiger partial charge is 0.396 e. The van der Waals surface area contributed by atoms with Crippen LogP contribution in [0.25, 0.3) is 5.57 Å². The van der Waals surface area contributed by atoms with Gasteiger partial charge in [0.1, 0.15) is 0 Å². The van der Waals surface area contributed by atoms with Crippen molar-refractivity contribution >= 4 is 5.57 Å². The highest BCUT2D eigenvalue weighted by molar-refractivity contribution is 5.64. The molecule has 1 atom stereocenters. The van der Waals surface area contributed by atoms with Crippen molar-refractivity contribution in [2.45, 2.75) is 26.2 Å². The zero-order valence-electron chi connectivity index (χ0n) is 11.4. The minimum Gasteiger partial charge on any atom is -0.396 e. The Morgan fingerprint density at radius 3 is 2.61 bits per heavy atom. The van der Waals surface area contributed by atoms with Gasteiger partial charge in [-0.1, -0.05) is 50.3 Å². The number of hydrogen-bond acceptors (Lipinski definition) is 2. The van der Waals surface area contributed by atoms with E-state index in [1.54, 1.807) is 0 Å². The standard InChI is InChI=1S/C16H25NO/c1-3-7-15(10-11-18)13-17-12-14(2)16-8-5-4-6-9-16/h4-6,8-9,15,17-18H,2-3,7,10-13H2,1H3. The minimum atomic E-state index is 0.284. The predicted octanol–water partition coefficient (Wildman–Crippen LogP) is 3.09. The van der Waals surface area contributed by atoms with Crippen LogP contribution in [-0.2, 0) is 0 Å². The SMILES string of the molecule is C=C(CNCC(CCC)CCO)c1ccccc1. The van der Waals surface area contributed by atoms with Crippen LogP contribution >= 0.6 is 0 Å². The summed E-state index contributed by atoms with van der Waals surface area (Å²) in [5.74, 6) is 0.573. The van der Waals surface area contributed by atoms with E-state index in [1.807, 2.05) is 18.2 Å². The van der Waals surface area contributed by atoms with Crippen molar-refractivity contribution in [2.75, 3.05) is 19.7 Å². The maximum Gasteiger partial charge on any atom is 0.0434 e. The van der Waals surface area contributed by atoms with Crippen LogP contribution in [0.3, 0.4) is 0 Å². The van der Waals surface area contributed by atoms with Crippen LogP contribution in [0.4, 0.5) is 0 Å². The van der Waals surface area contributed by atoms with Gasteiger partial charge >= 0.3 is 0 Å². The van der Waals surface area contributed by atoms with Gasteiger partial charge in [0.25, 0.3) is 0 Å². The van der Waals surface area contributed by atoms with E-state index in [0.29, 0.717) is 5.92 Å². The summed E-state index contributed by atoms with van der Waals surface area (Å²) in [5, 5.41) is 12.4. The number of benzene rings is 1. The molecule has 18 heavy (non-hydrogen) atoms. The van der Waals surface area contributed by atoms with Crippen LogP contribution < -0.4 is 5.32 Å². The van der Waals surface area contributed by atoms with Gasteiger partial charge in [0, 0.05) is 13.2 Å². The van der Waals surface area contributed by atoms with Crippen molar-refractivity contribution in [3.05, 3.63) is 42.5 Å². The maximum atomic E-state index is 9.00. The van der Waals surface area contributed by atoms with E-state index in [1.165, 1.54) is 18.4 Å². The maximum absolute atomic E-state index is 9.00. The average molecular weight is 247 g/mol. The van der Waals surface area contributed by atoms with Crippen molar-refractivity contribution < 1.29 is 5.11 Å². The first-order valence-electron chi connectivity index (χ1n) is 6.82. The first kappa shape index (κ1) is 14.9. The van der Waals surface area contributed by atoms with Gasteiger partial charge in [-0.3, -0.25) is 0 Å². The zero-order chi connectivity index (χ0) is 13.2. The average Bonchev–Trinajstić information content (AvgIpc) is 2.40. The van der Waals surface area contributed by atoms with Crippen LogP contribution in [0.1, 0.15) is 31.7 Å². The molecule has 0 aromatic heterocycles. The fourth-order valence-corrected chi connectivity index (χ4v) is 2.14. The van der Waals surface area contributed by atoms with Crippen molar-refractivity contribution in [3.63, 3.8) is 0 Å². The van der Waals surface area contributed by atoms with E-state index in [9.17, 15) is 0 Å². The Hall–Kier alpha value is -1.12. The molecule has 0 aliphatic carbocycles. The van der Waals surface area contributed by atoms with Gasteiger partial charge in [0.15, 0.2) is 0 Å². The van der Waals surface area contributed by atoms with E-state index >= 15 is 0 Å². The lowest BCUT2D eigenvalue weighted by Crippen LogP contribution is -2.25. The van der Waals surface area contributed by atoms with Crippen molar-refractivity contribution in [3.8, 4) is 0 Å². The Kier molecular flexibility index (Phi) is 7.38. The highest BCUT2D eigenvalue weighted by Gasteiger charge is 2.06. The van der Waals surface area contributed by atoms with Crippen molar-refractivity contribution in [2.24, 2.45) is 5.92 Å². The number of aliphatic hydroxyl groups is 1. The summed E-state index contributed by atoms with van der Waals surface area (Å²) in [6, 6.07) is 10.3. The molecule has 0 radical (unpaired) electrons. The first-order valence-corrected chi connectivity index (χ1v) is 6.82. The van der Waals surface area contributed by atoms with Gasteiger partial charge in [0.2, 0.25) is 0 Å². The summed E-state index contributed by atoms with van der Waals surface area (Å²) in [7, 11) is 0. The molecule has 0 aliphatic heterocycles. The van der Waals surface area contributed by atoms with E-state index in [0.717, 1.165) is 25.1 Å². The summed E-state index contributed by atoms with van der Waals surface area (Å²) < 4.78 is 0. The number of hydrogen-bond donors (Lipinski definition) is 2. The molecule has 0 heterocycles. The fourth-order valence-electron chi connectivity index (χ4n) is 2.14. The highest BCUT2D eigenvalue weighted by Crippen LogP contribution is 2.12. The van der Waals surface area contributed by atoms with Gasteiger partial charge in [-0.25, -0.2) is 0 Å². The third kappa shape index (κ3) is 5.48. The molecule has 2 N–H and O–H groups in total. The van der Waals surface area contributed by atoms with E-state index in [2.05, 4.69) is 31.0 Å². The van der Waals surface area contributed by atoms with Gasteiger partial charge < -0.3 is 10.4 Å². The molecule has 0 saturated heterocycles. The Morgan fingerprint density at radius 1 is 1.28 bits per heavy atom. The molecule has 0 fully saturated rings. The quantitative estimate of drug-likeness (QED) is 0.703. The number of nitrogens with one attached hydrogen (secondary N) is 1. The third-order valence-electron chi connectivity index (χ3n) is 3.19. The molecule has 1 rings (SSSR count). The van der Waals surface area contributed by atoms with Gasteiger partial charge in [-0.2, -0.15) is 0 Å². The first-order chi connectivity index (χ1) is 8.77. The van der Waals surface area contributed by atoms with Crippen LogP contribution in [0.2, 0.25) is 0 Å². The normalized spacial score (nSPS) is 12.3. The molecule has 0 bridgehead atoms. The molecule has 0 aliphatic rings. The van der Waals surface area contributed by atoms with Crippen molar-refractivity contribution in [1.82, 2.24) is 5.32 Å². The molecular weight excluding hydrogens is 222 g/mol. The predicted molar refractivity (Wildman–Crippen MR) is 78.4 cm³/mol. The lowest BCUT2D eigenvalue weighted by atomic mass is 10.00. The molecule has 0 saturated carbocycles.